The lowest BCUT2D eigenvalue weighted by Gasteiger charge is -2.20. The maximum absolute atomic E-state index is 11.8. The van der Waals surface area contributed by atoms with Crippen LogP contribution in [0.1, 0.15) is 51.4 Å². The molecule has 7 heteroatoms. The third-order valence-electron chi connectivity index (χ3n) is 4.25. The Kier molecular flexibility index (Phi) is 7.37. The van der Waals surface area contributed by atoms with Crippen molar-refractivity contribution in [3.05, 3.63) is 34.4 Å². The van der Waals surface area contributed by atoms with Crippen molar-refractivity contribution < 1.29 is 24.0 Å². The van der Waals surface area contributed by atoms with Gasteiger partial charge in [0.05, 0.1) is 11.5 Å². The standard InChI is InChI=1S/C18H23NO6/c20-17(24-13-14-7-2-1-3-8-14)11-6-12-18(21)25-16-10-5-4-9-15(16)19(22)23/h4-5,9-10,14H,1-3,6-8,11-13H2. The second-order valence-electron chi connectivity index (χ2n) is 6.24. The number of ether oxygens (including phenoxy) is 2. The Balaban J connectivity index is 1.66. The molecule has 0 atom stereocenters. The summed E-state index contributed by atoms with van der Waals surface area (Å²) in [4.78, 5) is 33.7. The number of hydrogen-bond donors (Lipinski definition) is 0. The van der Waals surface area contributed by atoms with Crippen molar-refractivity contribution in [1.82, 2.24) is 0 Å². The van der Waals surface area contributed by atoms with Crippen LogP contribution in [0, 0.1) is 16.0 Å². The molecule has 1 aliphatic carbocycles. The number of para-hydroxylation sites is 2. The number of nitrogens with zero attached hydrogens (tertiary/aromatic N) is 1. The van der Waals surface area contributed by atoms with Crippen LogP contribution in [0.3, 0.4) is 0 Å². The first-order valence-electron chi connectivity index (χ1n) is 8.66. The van der Waals surface area contributed by atoms with Gasteiger partial charge in [-0.3, -0.25) is 19.7 Å². The predicted octanol–water partition coefficient (Wildman–Crippen LogP) is 3.79. The molecule has 0 aromatic heterocycles. The minimum Gasteiger partial charge on any atom is -0.465 e. The van der Waals surface area contributed by atoms with Crippen LogP contribution in [-0.2, 0) is 14.3 Å². The van der Waals surface area contributed by atoms with E-state index in [4.69, 9.17) is 9.47 Å². The van der Waals surface area contributed by atoms with Gasteiger partial charge < -0.3 is 9.47 Å². The molecule has 0 saturated heterocycles. The number of benzene rings is 1. The third-order valence-corrected chi connectivity index (χ3v) is 4.25. The highest BCUT2D eigenvalue weighted by molar-refractivity contribution is 5.75. The Hall–Kier alpha value is -2.44. The third kappa shape index (κ3) is 6.52. The van der Waals surface area contributed by atoms with Gasteiger partial charge in [0.1, 0.15) is 0 Å². The van der Waals surface area contributed by atoms with E-state index in [1.807, 2.05) is 0 Å². The lowest BCUT2D eigenvalue weighted by atomic mass is 9.90. The Labute approximate surface area is 146 Å². The van der Waals surface area contributed by atoms with Gasteiger partial charge in [0.2, 0.25) is 5.75 Å². The van der Waals surface area contributed by atoms with Crippen LogP contribution < -0.4 is 4.74 Å². The van der Waals surface area contributed by atoms with Gasteiger partial charge in [-0.05, 0) is 31.2 Å². The van der Waals surface area contributed by atoms with E-state index < -0.39 is 10.9 Å². The summed E-state index contributed by atoms with van der Waals surface area (Å²) in [5, 5.41) is 10.9. The molecule has 0 N–H and O–H groups in total. The molecule has 136 valence electrons. The van der Waals surface area contributed by atoms with E-state index in [-0.39, 0.29) is 30.2 Å². The van der Waals surface area contributed by atoms with Crippen LogP contribution in [0.4, 0.5) is 5.69 Å². The summed E-state index contributed by atoms with van der Waals surface area (Å²) in [6.45, 7) is 0.458. The van der Waals surface area contributed by atoms with E-state index in [0.29, 0.717) is 18.9 Å². The smallest absolute Gasteiger partial charge is 0.311 e. The van der Waals surface area contributed by atoms with E-state index in [0.717, 1.165) is 12.8 Å². The van der Waals surface area contributed by atoms with Gasteiger partial charge in [-0.25, -0.2) is 0 Å². The molecule has 7 nitrogen and oxygen atoms in total. The summed E-state index contributed by atoms with van der Waals surface area (Å²) >= 11 is 0. The molecule has 0 radical (unpaired) electrons. The summed E-state index contributed by atoms with van der Waals surface area (Å²) < 4.78 is 10.3. The second-order valence-corrected chi connectivity index (χ2v) is 6.24. The summed E-state index contributed by atoms with van der Waals surface area (Å²) in [7, 11) is 0. The van der Waals surface area contributed by atoms with Crippen LogP contribution in [0.5, 0.6) is 5.75 Å². The molecule has 2 rings (SSSR count). The molecule has 0 amide bonds. The Morgan fingerprint density at radius 1 is 1.08 bits per heavy atom. The molecule has 0 spiro atoms. The SMILES string of the molecule is O=C(CCCC(=O)Oc1ccccc1[N+](=O)[O-])OCC1CCCCC1. The van der Waals surface area contributed by atoms with Gasteiger partial charge >= 0.3 is 17.6 Å². The molecular formula is C18H23NO6. The Morgan fingerprint density at radius 2 is 1.76 bits per heavy atom. The van der Waals surface area contributed by atoms with E-state index in [1.54, 1.807) is 6.07 Å². The predicted molar refractivity (Wildman–Crippen MR) is 90.1 cm³/mol. The zero-order valence-electron chi connectivity index (χ0n) is 14.1. The zero-order valence-corrected chi connectivity index (χ0v) is 14.1. The first kappa shape index (κ1) is 18.9. The first-order chi connectivity index (χ1) is 12.1. The number of carbonyl (C=O) groups is 2. The minimum absolute atomic E-state index is 0.00454. The molecule has 1 aromatic rings. The highest BCUT2D eigenvalue weighted by Gasteiger charge is 2.18. The van der Waals surface area contributed by atoms with Crippen LogP contribution >= 0.6 is 0 Å². The molecule has 0 unspecified atom stereocenters. The molecule has 0 heterocycles. The number of nitro groups is 1. The summed E-state index contributed by atoms with van der Waals surface area (Å²) in [5.74, 6) is -0.544. The summed E-state index contributed by atoms with van der Waals surface area (Å²) in [5.41, 5.74) is -0.261. The number of nitro benzene ring substituents is 1. The van der Waals surface area contributed by atoms with Crippen molar-refractivity contribution in [2.75, 3.05) is 6.61 Å². The Bertz CT molecular complexity index is 609. The van der Waals surface area contributed by atoms with Gasteiger partial charge in [-0.15, -0.1) is 0 Å². The van der Waals surface area contributed by atoms with Crippen molar-refractivity contribution in [3.8, 4) is 5.75 Å². The molecule has 1 aromatic carbocycles. The van der Waals surface area contributed by atoms with Crippen molar-refractivity contribution in [3.63, 3.8) is 0 Å². The highest BCUT2D eigenvalue weighted by Crippen LogP contribution is 2.26. The Morgan fingerprint density at radius 3 is 2.48 bits per heavy atom. The number of rotatable bonds is 8. The lowest BCUT2D eigenvalue weighted by Crippen LogP contribution is -2.17. The number of hydrogen-bond acceptors (Lipinski definition) is 6. The lowest BCUT2D eigenvalue weighted by molar-refractivity contribution is -0.385. The minimum atomic E-state index is -0.606. The van der Waals surface area contributed by atoms with Gasteiger partial charge in [0, 0.05) is 18.9 Å². The van der Waals surface area contributed by atoms with Gasteiger partial charge in [-0.2, -0.15) is 0 Å². The molecule has 25 heavy (non-hydrogen) atoms. The normalized spacial score (nSPS) is 14.7. The van der Waals surface area contributed by atoms with Crippen LogP contribution in [0.15, 0.2) is 24.3 Å². The molecule has 1 saturated carbocycles. The summed E-state index contributed by atoms with van der Waals surface area (Å²) in [6.07, 6.45) is 6.29. The van der Waals surface area contributed by atoms with Gasteiger partial charge in [-0.1, -0.05) is 31.4 Å². The maximum Gasteiger partial charge on any atom is 0.311 e. The first-order valence-corrected chi connectivity index (χ1v) is 8.66. The highest BCUT2D eigenvalue weighted by atomic mass is 16.6. The number of esters is 2. The van der Waals surface area contributed by atoms with E-state index in [2.05, 4.69) is 0 Å². The maximum atomic E-state index is 11.8. The largest absolute Gasteiger partial charge is 0.465 e. The van der Waals surface area contributed by atoms with E-state index in [1.165, 1.54) is 37.5 Å². The molecule has 0 aliphatic heterocycles. The molecule has 0 bridgehead atoms. The fourth-order valence-corrected chi connectivity index (χ4v) is 2.88. The van der Waals surface area contributed by atoms with E-state index >= 15 is 0 Å². The molecule has 1 aliphatic rings. The second kappa shape index (κ2) is 9.76. The van der Waals surface area contributed by atoms with Crippen LogP contribution in [0.25, 0.3) is 0 Å². The molecular weight excluding hydrogens is 326 g/mol. The topological polar surface area (TPSA) is 95.7 Å². The van der Waals surface area contributed by atoms with Crippen molar-refractivity contribution in [2.24, 2.45) is 5.92 Å². The van der Waals surface area contributed by atoms with Crippen molar-refractivity contribution in [2.45, 2.75) is 51.4 Å². The van der Waals surface area contributed by atoms with Crippen LogP contribution in [0.2, 0.25) is 0 Å². The van der Waals surface area contributed by atoms with Gasteiger partial charge in [0.15, 0.2) is 0 Å². The van der Waals surface area contributed by atoms with Crippen LogP contribution in [-0.4, -0.2) is 23.5 Å². The molecule has 1 fully saturated rings. The average molecular weight is 349 g/mol. The summed E-state index contributed by atoms with van der Waals surface area (Å²) in [6, 6.07) is 5.69. The van der Waals surface area contributed by atoms with E-state index in [9.17, 15) is 19.7 Å². The number of carbonyl (C=O) groups excluding carboxylic acids is 2. The van der Waals surface area contributed by atoms with Gasteiger partial charge in [0.25, 0.3) is 0 Å². The van der Waals surface area contributed by atoms with Crippen molar-refractivity contribution in [1.29, 1.82) is 0 Å². The monoisotopic (exact) mass is 349 g/mol. The van der Waals surface area contributed by atoms with Crippen molar-refractivity contribution >= 4 is 17.6 Å². The fourth-order valence-electron chi connectivity index (χ4n) is 2.88. The zero-order chi connectivity index (χ0) is 18.1. The average Bonchev–Trinajstić information content (AvgIpc) is 2.61. The quantitative estimate of drug-likeness (QED) is 0.307. The fraction of sp³-hybridized carbons (Fsp3) is 0.556.